The molecule has 2 amide bonds. The van der Waals surface area contributed by atoms with Gasteiger partial charge in [0.2, 0.25) is 5.91 Å². The van der Waals surface area contributed by atoms with Gasteiger partial charge in [0, 0.05) is 18.8 Å². The van der Waals surface area contributed by atoms with E-state index in [0.29, 0.717) is 12.1 Å². The van der Waals surface area contributed by atoms with E-state index in [1.54, 1.807) is 29.0 Å². The zero-order chi connectivity index (χ0) is 17.3. The highest BCUT2D eigenvalue weighted by atomic mass is 16.3. The van der Waals surface area contributed by atoms with Gasteiger partial charge in [0.05, 0.1) is 17.3 Å². The molecule has 0 bridgehead atoms. The minimum atomic E-state index is -0.497. The number of carbonyl (C=O) groups is 2. The van der Waals surface area contributed by atoms with Crippen molar-refractivity contribution in [1.82, 2.24) is 20.2 Å². The van der Waals surface area contributed by atoms with E-state index >= 15 is 0 Å². The Bertz CT molecular complexity index is 768. The summed E-state index contributed by atoms with van der Waals surface area (Å²) in [6.45, 7) is 4.17. The summed E-state index contributed by atoms with van der Waals surface area (Å²) < 4.78 is 1.67. The van der Waals surface area contributed by atoms with Crippen molar-refractivity contribution in [1.29, 1.82) is 0 Å². The van der Waals surface area contributed by atoms with Crippen LogP contribution in [0.2, 0.25) is 0 Å². The normalized spacial score (nSPS) is 22.0. The number of carbonyl (C=O) groups excluding carboxylic acids is 2. The standard InChI is InChI=1S/C17H22N4O3/c1-17(2)11(9-18-15(23)10-22)8-14(17)20-16(24)12-4-3-7-21-13(12)5-6-19-21/h3-7,11,14,22H,8-10H2,1-2H3,(H,18,23)(H,20,24). The first-order valence-electron chi connectivity index (χ1n) is 8.04. The van der Waals surface area contributed by atoms with Crippen molar-refractivity contribution >= 4 is 17.3 Å². The van der Waals surface area contributed by atoms with Crippen LogP contribution in [0.4, 0.5) is 0 Å². The molecule has 1 fully saturated rings. The largest absolute Gasteiger partial charge is 0.387 e. The number of nitrogens with one attached hydrogen (secondary N) is 2. The molecule has 0 spiro atoms. The third kappa shape index (κ3) is 2.87. The number of rotatable bonds is 5. The van der Waals surface area contributed by atoms with Crippen LogP contribution >= 0.6 is 0 Å². The number of hydrogen-bond acceptors (Lipinski definition) is 4. The lowest BCUT2D eigenvalue weighted by Gasteiger charge is -2.52. The van der Waals surface area contributed by atoms with Crippen LogP contribution < -0.4 is 10.6 Å². The topological polar surface area (TPSA) is 95.7 Å². The van der Waals surface area contributed by atoms with E-state index in [1.165, 1.54) is 0 Å². The second-order valence-electron chi connectivity index (χ2n) is 6.83. The molecule has 0 radical (unpaired) electrons. The minimum absolute atomic E-state index is 0.0456. The van der Waals surface area contributed by atoms with Gasteiger partial charge in [-0.2, -0.15) is 5.10 Å². The van der Waals surface area contributed by atoms with Crippen LogP contribution in [-0.2, 0) is 4.79 Å². The molecule has 2 unspecified atom stereocenters. The summed E-state index contributed by atoms with van der Waals surface area (Å²) in [5.74, 6) is -0.216. The molecule has 2 atom stereocenters. The molecule has 128 valence electrons. The van der Waals surface area contributed by atoms with E-state index in [9.17, 15) is 9.59 Å². The molecule has 3 rings (SSSR count). The molecule has 7 nitrogen and oxygen atoms in total. The molecule has 1 aliphatic rings. The third-order valence-corrected chi connectivity index (χ3v) is 5.15. The predicted octanol–water partition coefficient (Wildman–Crippen LogP) is 0.587. The van der Waals surface area contributed by atoms with E-state index in [-0.39, 0.29) is 29.2 Å². The molecule has 2 aromatic heterocycles. The monoisotopic (exact) mass is 330 g/mol. The van der Waals surface area contributed by atoms with Gasteiger partial charge in [-0.15, -0.1) is 0 Å². The lowest BCUT2D eigenvalue weighted by atomic mass is 9.58. The molecule has 1 aliphatic carbocycles. The van der Waals surface area contributed by atoms with Crippen LogP contribution in [0.25, 0.3) is 5.52 Å². The Morgan fingerprint density at radius 3 is 2.92 bits per heavy atom. The lowest BCUT2D eigenvalue weighted by Crippen LogP contribution is -2.60. The Labute approximate surface area is 140 Å². The number of aliphatic hydroxyl groups excluding tert-OH is 1. The Balaban J connectivity index is 1.64. The lowest BCUT2D eigenvalue weighted by molar-refractivity contribution is -0.124. The summed E-state index contributed by atoms with van der Waals surface area (Å²) in [4.78, 5) is 23.8. The van der Waals surface area contributed by atoms with E-state index in [4.69, 9.17) is 5.11 Å². The molecular weight excluding hydrogens is 308 g/mol. The van der Waals surface area contributed by atoms with Crippen LogP contribution in [0, 0.1) is 11.3 Å². The number of fused-ring (bicyclic) bond motifs is 1. The quantitative estimate of drug-likeness (QED) is 0.747. The van der Waals surface area contributed by atoms with Gasteiger partial charge in [0.25, 0.3) is 5.91 Å². The number of nitrogens with zero attached hydrogens (tertiary/aromatic N) is 2. The van der Waals surface area contributed by atoms with E-state index in [1.807, 2.05) is 6.07 Å². The Kier molecular flexibility index (Phi) is 4.28. The number of aliphatic hydroxyl groups is 1. The first kappa shape index (κ1) is 16.4. The van der Waals surface area contributed by atoms with Crippen LogP contribution in [-0.4, -0.2) is 45.7 Å². The Morgan fingerprint density at radius 2 is 2.21 bits per heavy atom. The first-order chi connectivity index (χ1) is 11.4. The van der Waals surface area contributed by atoms with Gasteiger partial charge in [-0.3, -0.25) is 9.59 Å². The predicted molar refractivity (Wildman–Crippen MR) is 88.4 cm³/mol. The number of amides is 2. The molecule has 2 heterocycles. The first-order valence-corrected chi connectivity index (χ1v) is 8.04. The van der Waals surface area contributed by atoms with Gasteiger partial charge in [0.1, 0.15) is 6.61 Å². The SMILES string of the molecule is CC1(C)C(CNC(=O)CO)CC1NC(=O)c1cccn2nccc12. The highest BCUT2D eigenvalue weighted by Gasteiger charge is 2.48. The minimum Gasteiger partial charge on any atom is -0.387 e. The molecule has 3 N–H and O–H groups in total. The summed E-state index contributed by atoms with van der Waals surface area (Å²) in [5, 5.41) is 18.7. The fraction of sp³-hybridized carbons (Fsp3) is 0.471. The van der Waals surface area contributed by atoms with Crippen LogP contribution in [0.5, 0.6) is 0 Å². The summed E-state index contributed by atoms with van der Waals surface area (Å²) in [6, 6.07) is 5.45. The molecule has 2 aromatic rings. The third-order valence-electron chi connectivity index (χ3n) is 5.15. The zero-order valence-corrected chi connectivity index (χ0v) is 13.8. The average Bonchev–Trinajstić information content (AvgIpc) is 3.05. The van der Waals surface area contributed by atoms with Crippen molar-refractivity contribution in [3.8, 4) is 0 Å². The molecule has 7 heteroatoms. The van der Waals surface area contributed by atoms with Crippen molar-refractivity contribution < 1.29 is 14.7 Å². The molecule has 0 saturated heterocycles. The number of hydrogen-bond donors (Lipinski definition) is 3. The van der Waals surface area contributed by atoms with Crippen molar-refractivity contribution in [3.05, 3.63) is 36.2 Å². The maximum absolute atomic E-state index is 12.6. The van der Waals surface area contributed by atoms with Crippen molar-refractivity contribution in [2.75, 3.05) is 13.2 Å². The zero-order valence-electron chi connectivity index (χ0n) is 13.8. The van der Waals surface area contributed by atoms with Gasteiger partial charge >= 0.3 is 0 Å². The van der Waals surface area contributed by atoms with Gasteiger partial charge in [-0.05, 0) is 36.0 Å². The van der Waals surface area contributed by atoms with Gasteiger partial charge in [0.15, 0.2) is 0 Å². The van der Waals surface area contributed by atoms with Crippen LogP contribution in [0.15, 0.2) is 30.6 Å². The average molecular weight is 330 g/mol. The fourth-order valence-corrected chi connectivity index (χ4v) is 3.28. The van der Waals surface area contributed by atoms with Crippen molar-refractivity contribution in [2.24, 2.45) is 11.3 Å². The summed E-state index contributed by atoms with van der Waals surface area (Å²) in [6.07, 6.45) is 4.27. The smallest absolute Gasteiger partial charge is 0.253 e. The Hall–Kier alpha value is -2.41. The van der Waals surface area contributed by atoms with E-state index < -0.39 is 6.61 Å². The van der Waals surface area contributed by atoms with Crippen LogP contribution in [0.3, 0.4) is 0 Å². The number of aromatic nitrogens is 2. The van der Waals surface area contributed by atoms with Gasteiger partial charge in [-0.25, -0.2) is 4.52 Å². The Morgan fingerprint density at radius 1 is 1.42 bits per heavy atom. The molecule has 24 heavy (non-hydrogen) atoms. The number of pyridine rings is 1. The second-order valence-corrected chi connectivity index (χ2v) is 6.83. The highest BCUT2D eigenvalue weighted by Crippen LogP contribution is 2.45. The molecular formula is C17H22N4O3. The summed E-state index contributed by atoms with van der Waals surface area (Å²) >= 11 is 0. The van der Waals surface area contributed by atoms with Crippen LogP contribution in [0.1, 0.15) is 30.6 Å². The molecule has 0 aromatic carbocycles. The van der Waals surface area contributed by atoms with E-state index in [2.05, 4.69) is 29.6 Å². The van der Waals surface area contributed by atoms with Crippen molar-refractivity contribution in [2.45, 2.75) is 26.3 Å². The highest BCUT2D eigenvalue weighted by molar-refractivity contribution is 6.00. The maximum Gasteiger partial charge on any atom is 0.253 e. The van der Waals surface area contributed by atoms with E-state index in [0.717, 1.165) is 11.9 Å². The van der Waals surface area contributed by atoms with Gasteiger partial charge < -0.3 is 15.7 Å². The summed E-state index contributed by atoms with van der Waals surface area (Å²) in [7, 11) is 0. The molecule has 0 aliphatic heterocycles. The fourth-order valence-electron chi connectivity index (χ4n) is 3.28. The summed E-state index contributed by atoms with van der Waals surface area (Å²) in [5.41, 5.74) is 1.26. The second kappa shape index (κ2) is 6.24. The molecule has 1 saturated carbocycles. The van der Waals surface area contributed by atoms with Crippen molar-refractivity contribution in [3.63, 3.8) is 0 Å². The van der Waals surface area contributed by atoms with Gasteiger partial charge in [-0.1, -0.05) is 13.8 Å². The maximum atomic E-state index is 12.6.